The fraction of sp³-hybridized carbons (Fsp3) is 0.429. The lowest BCUT2D eigenvalue weighted by Crippen LogP contribution is -2.54. The molecule has 1 aromatic carbocycles. The molecule has 1 fully saturated rings. The molecular weight excluding hydrogens is 418 g/mol. The number of nitrogens with zero attached hydrogens (tertiary/aromatic N) is 3. The van der Waals surface area contributed by atoms with Gasteiger partial charge in [-0.05, 0) is 37.0 Å². The lowest BCUT2D eigenvalue weighted by Gasteiger charge is -2.27. The average Bonchev–Trinajstić information content (AvgIpc) is 3.00. The van der Waals surface area contributed by atoms with E-state index in [9.17, 15) is 28.8 Å². The predicted octanol–water partition coefficient (Wildman–Crippen LogP) is 0.343. The van der Waals surface area contributed by atoms with Crippen LogP contribution in [-0.4, -0.2) is 84.1 Å². The van der Waals surface area contributed by atoms with Crippen LogP contribution in [0.25, 0.3) is 0 Å². The van der Waals surface area contributed by atoms with Crippen molar-refractivity contribution >= 4 is 35.7 Å². The molecule has 2 N–H and O–H groups in total. The number of hydrogen-bond acceptors (Lipinski definition) is 6. The van der Waals surface area contributed by atoms with Crippen molar-refractivity contribution in [1.82, 2.24) is 25.3 Å². The first kappa shape index (κ1) is 22.9. The van der Waals surface area contributed by atoms with E-state index in [0.29, 0.717) is 19.4 Å². The Morgan fingerprint density at radius 3 is 2.44 bits per heavy atom. The van der Waals surface area contributed by atoms with Gasteiger partial charge in [-0.3, -0.25) is 29.4 Å². The molecule has 2 aliphatic rings. The Morgan fingerprint density at radius 1 is 1.09 bits per heavy atom. The van der Waals surface area contributed by atoms with Crippen LogP contribution in [0, 0.1) is 0 Å². The molecule has 11 nitrogen and oxygen atoms in total. The Morgan fingerprint density at radius 2 is 1.78 bits per heavy atom. The molecule has 2 heterocycles. The highest BCUT2D eigenvalue weighted by molar-refractivity contribution is 6.23. The summed E-state index contributed by atoms with van der Waals surface area (Å²) >= 11 is 0. The van der Waals surface area contributed by atoms with E-state index in [-0.39, 0.29) is 24.0 Å². The maximum atomic E-state index is 12.8. The van der Waals surface area contributed by atoms with Gasteiger partial charge in [-0.1, -0.05) is 6.07 Å². The van der Waals surface area contributed by atoms with Crippen molar-refractivity contribution in [2.24, 2.45) is 0 Å². The van der Waals surface area contributed by atoms with Gasteiger partial charge in [0.25, 0.3) is 11.8 Å². The first-order valence-electron chi connectivity index (χ1n) is 10.2. The monoisotopic (exact) mass is 443 g/mol. The van der Waals surface area contributed by atoms with E-state index in [1.807, 2.05) is 0 Å². The van der Waals surface area contributed by atoms with Gasteiger partial charge in [0.05, 0.1) is 11.1 Å². The smallest absolute Gasteiger partial charge is 0.327 e. The summed E-state index contributed by atoms with van der Waals surface area (Å²) in [6.45, 7) is 0.316. The fourth-order valence-electron chi connectivity index (χ4n) is 3.67. The molecule has 1 saturated heterocycles. The first-order chi connectivity index (χ1) is 15.1. The number of aryl methyl sites for hydroxylation is 1. The van der Waals surface area contributed by atoms with Crippen LogP contribution in [0.4, 0.5) is 9.59 Å². The summed E-state index contributed by atoms with van der Waals surface area (Å²) in [6.07, 6.45) is 1.25. The maximum Gasteiger partial charge on any atom is 0.327 e. The van der Waals surface area contributed by atoms with Gasteiger partial charge in [0, 0.05) is 34.1 Å². The summed E-state index contributed by atoms with van der Waals surface area (Å²) in [5.74, 6) is -2.18. The third-order valence-corrected chi connectivity index (χ3v) is 5.40. The summed E-state index contributed by atoms with van der Waals surface area (Å²) in [5, 5.41) is 4.82. The summed E-state index contributed by atoms with van der Waals surface area (Å²) in [6, 6.07) is 2.94. The number of hydrogen-bond donors (Lipinski definition) is 2. The molecule has 170 valence electrons. The van der Waals surface area contributed by atoms with Gasteiger partial charge >= 0.3 is 12.1 Å². The van der Waals surface area contributed by atoms with Gasteiger partial charge in [-0.15, -0.1) is 0 Å². The van der Waals surface area contributed by atoms with E-state index in [2.05, 4.69) is 10.6 Å². The van der Waals surface area contributed by atoms with Crippen molar-refractivity contribution in [2.75, 3.05) is 27.7 Å². The van der Waals surface area contributed by atoms with E-state index < -0.39 is 41.7 Å². The molecule has 2 aliphatic heterocycles. The highest BCUT2D eigenvalue weighted by Crippen LogP contribution is 2.28. The molecule has 8 amide bonds. The quantitative estimate of drug-likeness (QED) is 0.498. The molecular formula is C21H25N5O6. The second-order valence-electron chi connectivity index (χ2n) is 7.90. The van der Waals surface area contributed by atoms with Crippen molar-refractivity contribution in [1.29, 1.82) is 0 Å². The number of nitrogens with one attached hydrogen (secondary N) is 2. The highest BCUT2D eigenvalue weighted by Gasteiger charge is 2.44. The van der Waals surface area contributed by atoms with E-state index in [1.54, 1.807) is 32.3 Å². The van der Waals surface area contributed by atoms with Crippen LogP contribution in [0.3, 0.4) is 0 Å². The number of amides is 8. The normalized spacial score (nSPS) is 17.7. The zero-order valence-electron chi connectivity index (χ0n) is 18.1. The summed E-state index contributed by atoms with van der Waals surface area (Å²) in [5.41, 5.74) is 1.24. The largest absolute Gasteiger partial charge is 0.338 e. The van der Waals surface area contributed by atoms with E-state index in [1.165, 1.54) is 11.9 Å². The molecule has 1 aromatic rings. The molecule has 0 spiro atoms. The second-order valence-corrected chi connectivity index (χ2v) is 7.90. The van der Waals surface area contributed by atoms with Gasteiger partial charge in [0.1, 0.15) is 6.04 Å². The molecule has 1 atom stereocenters. The van der Waals surface area contributed by atoms with Crippen LogP contribution in [0.5, 0.6) is 0 Å². The fourth-order valence-corrected chi connectivity index (χ4v) is 3.67. The number of fused-ring (bicyclic) bond motifs is 1. The SMILES string of the molecule is CN(C)C(=O)N(C)C(=O)NCCCc1ccc2c(c1)C(=O)N(C1CCC(=O)NC1=O)C2=O. The third-order valence-electron chi connectivity index (χ3n) is 5.40. The molecule has 0 saturated carbocycles. The number of rotatable bonds is 5. The number of imide groups is 3. The molecule has 0 bridgehead atoms. The number of urea groups is 2. The van der Waals surface area contributed by atoms with Crippen molar-refractivity contribution in [2.45, 2.75) is 31.7 Å². The number of benzene rings is 1. The van der Waals surface area contributed by atoms with Crippen LogP contribution >= 0.6 is 0 Å². The zero-order valence-corrected chi connectivity index (χ0v) is 18.1. The van der Waals surface area contributed by atoms with Crippen LogP contribution < -0.4 is 10.6 Å². The average molecular weight is 443 g/mol. The number of piperidine rings is 1. The van der Waals surface area contributed by atoms with Gasteiger partial charge < -0.3 is 10.2 Å². The third kappa shape index (κ3) is 4.46. The van der Waals surface area contributed by atoms with Crippen LogP contribution in [0.2, 0.25) is 0 Å². The van der Waals surface area contributed by atoms with Crippen LogP contribution in [0.15, 0.2) is 18.2 Å². The second kappa shape index (κ2) is 9.16. The molecule has 11 heteroatoms. The van der Waals surface area contributed by atoms with Crippen molar-refractivity contribution in [3.05, 3.63) is 34.9 Å². The molecule has 0 aliphatic carbocycles. The minimum atomic E-state index is -0.999. The minimum absolute atomic E-state index is 0.0656. The van der Waals surface area contributed by atoms with E-state index in [4.69, 9.17) is 0 Å². The molecule has 0 aromatic heterocycles. The maximum absolute atomic E-state index is 12.8. The zero-order chi connectivity index (χ0) is 23.6. The minimum Gasteiger partial charge on any atom is -0.338 e. The van der Waals surface area contributed by atoms with Crippen molar-refractivity contribution < 1.29 is 28.8 Å². The molecule has 1 unspecified atom stereocenters. The van der Waals surface area contributed by atoms with Gasteiger partial charge in [0.2, 0.25) is 11.8 Å². The van der Waals surface area contributed by atoms with Crippen molar-refractivity contribution in [3.63, 3.8) is 0 Å². The Bertz CT molecular complexity index is 1000. The highest BCUT2D eigenvalue weighted by atomic mass is 16.2. The summed E-state index contributed by atoms with van der Waals surface area (Å²) in [4.78, 5) is 76.0. The standard InChI is InChI=1S/C21H25N5O6/c1-24(2)21(32)25(3)20(31)22-10-4-5-12-6-7-13-14(11-12)19(30)26(18(13)29)15-8-9-16(27)23-17(15)28/h6-7,11,15H,4-5,8-10H2,1-3H3,(H,22,31)(H,23,27,28). The van der Waals surface area contributed by atoms with Gasteiger partial charge in [-0.2, -0.15) is 0 Å². The van der Waals surface area contributed by atoms with Crippen LogP contribution in [-0.2, 0) is 16.0 Å². The number of carbonyl (C=O) groups is 6. The summed E-state index contributed by atoms with van der Waals surface area (Å²) < 4.78 is 0. The van der Waals surface area contributed by atoms with Gasteiger partial charge in [-0.25, -0.2) is 14.5 Å². The molecule has 0 radical (unpaired) electrons. The van der Waals surface area contributed by atoms with Crippen molar-refractivity contribution in [3.8, 4) is 0 Å². The summed E-state index contributed by atoms with van der Waals surface area (Å²) in [7, 11) is 4.48. The Hall–Kier alpha value is -3.76. The lowest BCUT2D eigenvalue weighted by molar-refractivity contribution is -0.136. The first-order valence-corrected chi connectivity index (χ1v) is 10.2. The van der Waals surface area contributed by atoms with Crippen LogP contribution in [0.1, 0.15) is 45.5 Å². The lowest BCUT2D eigenvalue weighted by atomic mass is 10.0. The number of carbonyl (C=O) groups excluding carboxylic acids is 6. The Kier molecular flexibility index (Phi) is 6.56. The molecule has 3 rings (SSSR count). The van der Waals surface area contributed by atoms with E-state index in [0.717, 1.165) is 15.4 Å². The molecule has 32 heavy (non-hydrogen) atoms. The van der Waals surface area contributed by atoms with E-state index >= 15 is 0 Å². The topological polar surface area (TPSA) is 136 Å². The van der Waals surface area contributed by atoms with Gasteiger partial charge in [0.15, 0.2) is 0 Å². The predicted molar refractivity (Wildman–Crippen MR) is 112 cm³/mol. The Balaban J connectivity index is 1.59. The Labute approximate surface area is 184 Å².